The molecule has 90 valence electrons. The lowest BCUT2D eigenvalue weighted by molar-refractivity contribution is -0.116. The SMILES string of the molecule is COc1cc(C)c(NC(=O)CCC#N)cc1C. The van der Waals surface area contributed by atoms with Gasteiger partial charge in [0.05, 0.1) is 13.2 Å². The number of rotatable bonds is 4. The second-order valence-corrected chi connectivity index (χ2v) is 3.84. The molecule has 1 N–H and O–H groups in total. The normalized spacial score (nSPS) is 9.53. The van der Waals surface area contributed by atoms with Crippen LogP contribution >= 0.6 is 0 Å². The van der Waals surface area contributed by atoms with Crippen molar-refractivity contribution in [1.29, 1.82) is 5.26 Å². The summed E-state index contributed by atoms with van der Waals surface area (Å²) in [6.45, 7) is 3.82. The summed E-state index contributed by atoms with van der Waals surface area (Å²) in [6.07, 6.45) is 0.459. The molecule has 1 aromatic rings. The Morgan fingerprint density at radius 2 is 2.12 bits per heavy atom. The van der Waals surface area contributed by atoms with Gasteiger partial charge in [0.1, 0.15) is 5.75 Å². The number of amides is 1. The van der Waals surface area contributed by atoms with Gasteiger partial charge < -0.3 is 10.1 Å². The molecule has 0 aliphatic rings. The minimum Gasteiger partial charge on any atom is -0.496 e. The van der Waals surface area contributed by atoms with Crippen LogP contribution in [0.15, 0.2) is 12.1 Å². The molecule has 0 bridgehead atoms. The number of carbonyl (C=O) groups is 1. The van der Waals surface area contributed by atoms with Crippen molar-refractivity contribution in [2.45, 2.75) is 26.7 Å². The van der Waals surface area contributed by atoms with E-state index in [1.165, 1.54) is 0 Å². The van der Waals surface area contributed by atoms with E-state index in [2.05, 4.69) is 5.32 Å². The number of aryl methyl sites for hydroxylation is 2. The van der Waals surface area contributed by atoms with E-state index in [0.29, 0.717) is 0 Å². The molecular weight excluding hydrogens is 216 g/mol. The van der Waals surface area contributed by atoms with Crippen molar-refractivity contribution >= 4 is 11.6 Å². The van der Waals surface area contributed by atoms with Crippen LogP contribution in [-0.4, -0.2) is 13.0 Å². The number of nitrogens with zero attached hydrogens (tertiary/aromatic N) is 1. The lowest BCUT2D eigenvalue weighted by Crippen LogP contribution is -2.12. The zero-order valence-corrected chi connectivity index (χ0v) is 10.3. The number of nitriles is 1. The van der Waals surface area contributed by atoms with E-state index in [0.717, 1.165) is 22.6 Å². The van der Waals surface area contributed by atoms with E-state index in [4.69, 9.17) is 10.00 Å². The average molecular weight is 232 g/mol. The van der Waals surface area contributed by atoms with Crippen LogP contribution in [-0.2, 0) is 4.79 Å². The van der Waals surface area contributed by atoms with Crippen LogP contribution in [0.5, 0.6) is 5.75 Å². The van der Waals surface area contributed by atoms with Crippen LogP contribution in [0.2, 0.25) is 0 Å². The van der Waals surface area contributed by atoms with Crippen molar-refractivity contribution < 1.29 is 9.53 Å². The zero-order valence-electron chi connectivity index (χ0n) is 10.3. The maximum Gasteiger partial charge on any atom is 0.225 e. The molecule has 0 radical (unpaired) electrons. The lowest BCUT2D eigenvalue weighted by Gasteiger charge is -2.12. The predicted molar refractivity (Wildman–Crippen MR) is 65.9 cm³/mol. The number of anilines is 1. The van der Waals surface area contributed by atoms with E-state index in [1.54, 1.807) is 7.11 Å². The largest absolute Gasteiger partial charge is 0.496 e. The third kappa shape index (κ3) is 3.49. The average Bonchev–Trinajstić information content (AvgIpc) is 2.30. The second kappa shape index (κ2) is 5.90. The molecular formula is C13H16N2O2. The van der Waals surface area contributed by atoms with E-state index in [-0.39, 0.29) is 18.7 Å². The highest BCUT2D eigenvalue weighted by atomic mass is 16.5. The number of hydrogen-bond donors (Lipinski definition) is 1. The van der Waals surface area contributed by atoms with Gasteiger partial charge in [0.15, 0.2) is 0 Å². The third-order valence-corrected chi connectivity index (χ3v) is 2.48. The van der Waals surface area contributed by atoms with Crippen molar-refractivity contribution in [3.8, 4) is 11.8 Å². The number of hydrogen-bond acceptors (Lipinski definition) is 3. The van der Waals surface area contributed by atoms with Crippen molar-refractivity contribution in [3.05, 3.63) is 23.3 Å². The molecule has 0 saturated heterocycles. The zero-order chi connectivity index (χ0) is 12.8. The molecule has 0 heterocycles. The number of methoxy groups -OCH3 is 1. The van der Waals surface area contributed by atoms with Crippen LogP contribution in [0.1, 0.15) is 24.0 Å². The maximum atomic E-state index is 11.5. The van der Waals surface area contributed by atoms with Crippen LogP contribution < -0.4 is 10.1 Å². The molecule has 0 spiro atoms. The van der Waals surface area contributed by atoms with Crippen LogP contribution in [0.3, 0.4) is 0 Å². The second-order valence-electron chi connectivity index (χ2n) is 3.84. The minimum atomic E-state index is -0.140. The first-order valence-corrected chi connectivity index (χ1v) is 5.40. The summed E-state index contributed by atoms with van der Waals surface area (Å²) >= 11 is 0. The Morgan fingerprint density at radius 3 is 2.71 bits per heavy atom. The summed E-state index contributed by atoms with van der Waals surface area (Å²) in [7, 11) is 1.62. The van der Waals surface area contributed by atoms with E-state index in [1.807, 2.05) is 32.0 Å². The number of nitrogens with one attached hydrogen (secondary N) is 1. The van der Waals surface area contributed by atoms with E-state index < -0.39 is 0 Å². The molecule has 0 aromatic heterocycles. The van der Waals surface area contributed by atoms with Crippen molar-refractivity contribution in [2.24, 2.45) is 0 Å². The minimum absolute atomic E-state index is 0.140. The van der Waals surface area contributed by atoms with Gasteiger partial charge in [-0.1, -0.05) is 0 Å². The number of benzene rings is 1. The standard InChI is InChI=1S/C13H16N2O2/c1-9-8-12(17-3)10(2)7-11(9)15-13(16)5-4-6-14/h7-8H,4-5H2,1-3H3,(H,15,16). The van der Waals surface area contributed by atoms with Gasteiger partial charge in [0.2, 0.25) is 5.91 Å². The monoisotopic (exact) mass is 232 g/mol. The fourth-order valence-corrected chi connectivity index (χ4v) is 1.53. The Labute approximate surface area is 101 Å². The highest BCUT2D eigenvalue weighted by molar-refractivity contribution is 5.91. The molecule has 0 aliphatic carbocycles. The van der Waals surface area contributed by atoms with Crippen molar-refractivity contribution in [3.63, 3.8) is 0 Å². The third-order valence-electron chi connectivity index (χ3n) is 2.48. The fraction of sp³-hybridized carbons (Fsp3) is 0.385. The molecule has 1 rings (SSSR count). The summed E-state index contributed by atoms with van der Waals surface area (Å²) in [5, 5.41) is 11.2. The summed E-state index contributed by atoms with van der Waals surface area (Å²) in [4.78, 5) is 11.5. The molecule has 17 heavy (non-hydrogen) atoms. The maximum absolute atomic E-state index is 11.5. The quantitative estimate of drug-likeness (QED) is 0.867. The summed E-state index contributed by atoms with van der Waals surface area (Å²) in [5.74, 6) is 0.664. The van der Waals surface area contributed by atoms with Gasteiger partial charge in [-0.3, -0.25) is 4.79 Å². The molecule has 4 nitrogen and oxygen atoms in total. The molecule has 4 heteroatoms. The molecule has 0 saturated carbocycles. The van der Waals surface area contributed by atoms with Crippen LogP contribution in [0, 0.1) is 25.2 Å². The van der Waals surface area contributed by atoms with Crippen molar-refractivity contribution in [1.82, 2.24) is 0 Å². The Kier molecular flexibility index (Phi) is 4.53. The van der Waals surface area contributed by atoms with Crippen LogP contribution in [0.25, 0.3) is 0 Å². The smallest absolute Gasteiger partial charge is 0.225 e. The van der Waals surface area contributed by atoms with Gasteiger partial charge in [-0.2, -0.15) is 5.26 Å². The van der Waals surface area contributed by atoms with Gasteiger partial charge in [0, 0.05) is 18.5 Å². The molecule has 0 fully saturated rings. The van der Waals surface area contributed by atoms with Gasteiger partial charge in [0.25, 0.3) is 0 Å². The Hall–Kier alpha value is -2.02. The van der Waals surface area contributed by atoms with Gasteiger partial charge >= 0.3 is 0 Å². The van der Waals surface area contributed by atoms with Gasteiger partial charge in [-0.25, -0.2) is 0 Å². The Morgan fingerprint density at radius 1 is 1.41 bits per heavy atom. The molecule has 0 aliphatic heterocycles. The van der Waals surface area contributed by atoms with Gasteiger partial charge in [-0.05, 0) is 37.1 Å². The summed E-state index contributed by atoms with van der Waals surface area (Å²) in [6, 6.07) is 5.71. The Bertz CT molecular complexity index is 461. The predicted octanol–water partition coefficient (Wildman–Crippen LogP) is 2.55. The lowest BCUT2D eigenvalue weighted by atomic mass is 10.1. The molecule has 1 amide bonds. The molecule has 1 aromatic carbocycles. The first-order valence-electron chi connectivity index (χ1n) is 5.40. The first kappa shape index (κ1) is 13.0. The van der Waals surface area contributed by atoms with E-state index >= 15 is 0 Å². The molecule has 0 atom stereocenters. The topological polar surface area (TPSA) is 62.1 Å². The number of carbonyl (C=O) groups excluding carboxylic acids is 1. The highest BCUT2D eigenvalue weighted by Crippen LogP contribution is 2.25. The summed E-state index contributed by atoms with van der Waals surface area (Å²) < 4.78 is 5.19. The van der Waals surface area contributed by atoms with Crippen molar-refractivity contribution in [2.75, 3.05) is 12.4 Å². The first-order chi connectivity index (χ1) is 8.08. The fourth-order valence-electron chi connectivity index (χ4n) is 1.53. The molecule has 0 unspecified atom stereocenters. The van der Waals surface area contributed by atoms with Gasteiger partial charge in [-0.15, -0.1) is 0 Å². The van der Waals surface area contributed by atoms with Crippen LogP contribution in [0.4, 0.5) is 5.69 Å². The summed E-state index contributed by atoms with van der Waals surface area (Å²) in [5.41, 5.74) is 2.68. The highest BCUT2D eigenvalue weighted by Gasteiger charge is 2.07. The van der Waals surface area contributed by atoms with E-state index in [9.17, 15) is 4.79 Å². The number of ether oxygens (including phenoxy) is 1. The Balaban J connectivity index is 2.82.